The van der Waals surface area contributed by atoms with Gasteiger partial charge in [-0.15, -0.1) is 0 Å². The highest BCUT2D eigenvalue weighted by molar-refractivity contribution is 5.96. The fourth-order valence-electron chi connectivity index (χ4n) is 4.44. The lowest BCUT2D eigenvalue weighted by atomic mass is 9.94. The summed E-state index contributed by atoms with van der Waals surface area (Å²) in [6.45, 7) is 2.35. The van der Waals surface area contributed by atoms with Gasteiger partial charge in [0.1, 0.15) is 11.7 Å². The van der Waals surface area contributed by atoms with Crippen LogP contribution in [0.5, 0.6) is 0 Å². The lowest BCUT2D eigenvalue weighted by Crippen LogP contribution is -2.47. The van der Waals surface area contributed by atoms with Gasteiger partial charge in [0, 0.05) is 18.8 Å². The number of carbonyl (C=O) groups is 2. The molecule has 170 valence electrons. The number of hydrogen-bond donors (Lipinski definition) is 1. The van der Waals surface area contributed by atoms with Gasteiger partial charge in [-0.3, -0.25) is 14.6 Å². The second-order valence-corrected chi connectivity index (χ2v) is 8.79. The zero-order valence-electron chi connectivity index (χ0n) is 19.1. The Balaban J connectivity index is 1.71. The van der Waals surface area contributed by atoms with E-state index in [2.05, 4.69) is 10.3 Å². The number of carbonyl (C=O) groups excluding carboxylic acids is 2. The number of aromatic nitrogens is 1. The van der Waals surface area contributed by atoms with Crippen molar-refractivity contribution in [3.05, 3.63) is 101 Å². The molecule has 0 spiro atoms. The quantitative estimate of drug-likeness (QED) is 0.547. The molecule has 1 fully saturated rings. The summed E-state index contributed by atoms with van der Waals surface area (Å²) in [5, 5.41) is 3.25. The third-order valence-corrected chi connectivity index (χ3v) is 6.25. The Bertz CT molecular complexity index is 1050. The van der Waals surface area contributed by atoms with Crippen LogP contribution in [-0.2, 0) is 11.3 Å². The van der Waals surface area contributed by atoms with E-state index in [1.54, 1.807) is 29.3 Å². The van der Waals surface area contributed by atoms with Crippen molar-refractivity contribution in [1.82, 2.24) is 15.2 Å². The molecule has 2 amide bonds. The van der Waals surface area contributed by atoms with E-state index in [0.29, 0.717) is 12.2 Å². The fraction of sp³-hybridized carbons (Fsp3) is 0.321. The van der Waals surface area contributed by atoms with Crippen molar-refractivity contribution in [3.63, 3.8) is 0 Å². The molecule has 1 aromatic heterocycles. The Morgan fingerprint density at radius 2 is 1.64 bits per heavy atom. The number of amides is 2. The van der Waals surface area contributed by atoms with Gasteiger partial charge in [0.2, 0.25) is 5.91 Å². The van der Waals surface area contributed by atoms with Crippen molar-refractivity contribution in [2.75, 3.05) is 0 Å². The molecular formula is C28H31N3O2. The Morgan fingerprint density at radius 3 is 2.30 bits per heavy atom. The van der Waals surface area contributed by atoms with Crippen LogP contribution in [0.3, 0.4) is 0 Å². The summed E-state index contributed by atoms with van der Waals surface area (Å²) in [6, 6.07) is 22.3. The second kappa shape index (κ2) is 10.9. The normalized spacial score (nSPS) is 14.9. The third kappa shape index (κ3) is 5.86. The average Bonchev–Trinajstić information content (AvgIpc) is 2.86. The van der Waals surface area contributed by atoms with Gasteiger partial charge in [-0.2, -0.15) is 0 Å². The molecule has 33 heavy (non-hydrogen) atoms. The summed E-state index contributed by atoms with van der Waals surface area (Å²) in [7, 11) is 0. The number of nitrogens with one attached hydrogen (secondary N) is 1. The minimum absolute atomic E-state index is 0.135. The average molecular weight is 442 g/mol. The molecule has 0 bridgehead atoms. The molecule has 5 nitrogen and oxygen atoms in total. The van der Waals surface area contributed by atoms with Gasteiger partial charge >= 0.3 is 0 Å². The maximum Gasteiger partial charge on any atom is 0.273 e. The number of hydrogen-bond acceptors (Lipinski definition) is 3. The lowest BCUT2D eigenvalue weighted by Gasteiger charge is -2.33. The maximum atomic E-state index is 13.7. The highest BCUT2D eigenvalue weighted by Crippen LogP contribution is 2.27. The van der Waals surface area contributed by atoms with Crippen molar-refractivity contribution < 1.29 is 9.59 Å². The van der Waals surface area contributed by atoms with Gasteiger partial charge in [0.25, 0.3) is 5.91 Å². The van der Waals surface area contributed by atoms with Crippen LogP contribution < -0.4 is 5.32 Å². The van der Waals surface area contributed by atoms with E-state index in [9.17, 15) is 9.59 Å². The van der Waals surface area contributed by atoms with E-state index in [1.807, 2.05) is 61.5 Å². The molecule has 5 heteroatoms. The third-order valence-electron chi connectivity index (χ3n) is 6.25. The number of aryl methyl sites for hydroxylation is 1. The van der Waals surface area contributed by atoms with Gasteiger partial charge in [-0.1, -0.05) is 85.5 Å². The second-order valence-electron chi connectivity index (χ2n) is 8.79. The molecule has 0 aliphatic heterocycles. The van der Waals surface area contributed by atoms with Gasteiger partial charge in [-0.25, -0.2) is 0 Å². The topological polar surface area (TPSA) is 62.3 Å². The number of rotatable bonds is 7. The molecule has 1 saturated carbocycles. The minimum Gasteiger partial charge on any atom is -0.351 e. The maximum absolute atomic E-state index is 13.7. The summed E-state index contributed by atoms with van der Waals surface area (Å²) >= 11 is 0. The molecule has 0 radical (unpaired) electrons. The summed E-state index contributed by atoms with van der Waals surface area (Å²) in [4.78, 5) is 33.4. The Kier molecular flexibility index (Phi) is 7.51. The first kappa shape index (κ1) is 22.7. The molecule has 1 aliphatic rings. The Morgan fingerprint density at radius 1 is 0.939 bits per heavy atom. The van der Waals surface area contributed by atoms with Crippen LogP contribution in [0.4, 0.5) is 0 Å². The summed E-state index contributed by atoms with van der Waals surface area (Å²) in [5.41, 5.74) is 3.24. The monoisotopic (exact) mass is 441 g/mol. The molecule has 2 aromatic carbocycles. The van der Waals surface area contributed by atoms with Crippen LogP contribution >= 0.6 is 0 Å². The van der Waals surface area contributed by atoms with Crippen LogP contribution in [0.25, 0.3) is 0 Å². The summed E-state index contributed by atoms with van der Waals surface area (Å²) in [5.74, 6) is -0.395. The van der Waals surface area contributed by atoms with Gasteiger partial charge < -0.3 is 10.2 Å². The van der Waals surface area contributed by atoms with E-state index in [4.69, 9.17) is 0 Å². The standard InChI is InChI=1S/C28H31N3O2/c1-21-15-17-22(18-16-21)20-31(28(33)25-14-8-9-19-29-25)26(23-10-4-2-5-11-23)27(32)30-24-12-6-3-7-13-24/h2,4-5,8-11,14-19,24,26H,3,6-7,12-13,20H2,1H3,(H,30,32). The number of pyridine rings is 1. The molecule has 0 saturated heterocycles. The zero-order valence-corrected chi connectivity index (χ0v) is 19.1. The van der Waals surface area contributed by atoms with Gasteiger partial charge in [0.05, 0.1) is 0 Å². The molecular weight excluding hydrogens is 410 g/mol. The first-order chi connectivity index (χ1) is 16.1. The fourth-order valence-corrected chi connectivity index (χ4v) is 4.44. The van der Waals surface area contributed by atoms with Crippen molar-refractivity contribution >= 4 is 11.8 Å². The van der Waals surface area contributed by atoms with Crippen LogP contribution in [0, 0.1) is 6.92 Å². The molecule has 1 atom stereocenters. The SMILES string of the molecule is Cc1ccc(CN(C(=O)c2ccccn2)C(C(=O)NC2CCCCC2)c2ccccc2)cc1. The smallest absolute Gasteiger partial charge is 0.273 e. The molecule has 3 aromatic rings. The van der Waals surface area contributed by atoms with Gasteiger partial charge in [-0.05, 0) is 43.0 Å². The van der Waals surface area contributed by atoms with Crippen molar-refractivity contribution in [2.24, 2.45) is 0 Å². The molecule has 1 N–H and O–H groups in total. The van der Waals surface area contributed by atoms with E-state index in [-0.39, 0.29) is 17.9 Å². The number of nitrogens with zero attached hydrogens (tertiary/aromatic N) is 2. The predicted octanol–water partition coefficient (Wildman–Crippen LogP) is 5.22. The summed E-state index contributed by atoms with van der Waals surface area (Å²) < 4.78 is 0. The van der Waals surface area contributed by atoms with E-state index < -0.39 is 6.04 Å². The van der Waals surface area contributed by atoms with Crippen LogP contribution in [0.15, 0.2) is 79.0 Å². The molecule has 1 heterocycles. The highest BCUT2D eigenvalue weighted by Gasteiger charge is 2.33. The zero-order chi connectivity index (χ0) is 23.0. The lowest BCUT2D eigenvalue weighted by molar-refractivity contribution is -0.127. The van der Waals surface area contributed by atoms with E-state index in [0.717, 1.165) is 42.4 Å². The van der Waals surface area contributed by atoms with E-state index in [1.165, 1.54) is 6.42 Å². The number of benzene rings is 2. The predicted molar refractivity (Wildman–Crippen MR) is 129 cm³/mol. The van der Waals surface area contributed by atoms with Gasteiger partial charge in [0.15, 0.2) is 0 Å². The Labute approximate surface area is 195 Å². The first-order valence-corrected chi connectivity index (χ1v) is 11.7. The molecule has 1 unspecified atom stereocenters. The summed E-state index contributed by atoms with van der Waals surface area (Å²) in [6.07, 6.45) is 7.05. The highest BCUT2D eigenvalue weighted by atomic mass is 16.2. The largest absolute Gasteiger partial charge is 0.351 e. The van der Waals surface area contributed by atoms with Crippen molar-refractivity contribution in [1.29, 1.82) is 0 Å². The molecule has 1 aliphatic carbocycles. The van der Waals surface area contributed by atoms with Crippen LogP contribution in [0.2, 0.25) is 0 Å². The minimum atomic E-state index is -0.746. The van der Waals surface area contributed by atoms with Crippen LogP contribution in [0.1, 0.15) is 65.3 Å². The van der Waals surface area contributed by atoms with Crippen molar-refractivity contribution in [2.45, 2.75) is 57.7 Å². The van der Waals surface area contributed by atoms with Crippen molar-refractivity contribution in [3.8, 4) is 0 Å². The van der Waals surface area contributed by atoms with Crippen LogP contribution in [-0.4, -0.2) is 27.7 Å². The van der Waals surface area contributed by atoms with E-state index >= 15 is 0 Å². The molecule has 4 rings (SSSR count). The Hall–Kier alpha value is -3.47. The first-order valence-electron chi connectivity index (χ1n) is 11.7.